The van der Waals surface area contributed by atoms with E-state index >= 15 is 0 Å². The lowest BCUT2D eigenvalue weighted by Crippen LogP contribution is -2.41. The number of ether oxygens (including phenoxy) is 1. The van der Waals surface area contributed by atoms with Crippen molar-refractivity contribution in [3.8, 4) is 0 Å². The first-order valence-corrected chi connectivity index (χ1v) is 5.51. The maximum atomic E-state index is 8.62. The Kier molecular flexibility index (Phi) is 3.43. The van der Waals surface area contributed by atoms with Crippen molar-refractivity contribution in [2.45, 2.75) is 13.0 Å². The molecule has 0 aromatic carbocycles. The van der Waals surface area contributed by atoms with Gasteiger partial charge in [-0.1, -0.05) is 5.16 Å². The standard InChI is InChI=1S/C11H16N4O2/c1-8-7-15(4-5-17-8)9-2-3-13-10(6-9)11(12)14-16/h2-3,6,8,16H,4-5,7H2,1H3,(H2,12,14). The predicted octanol–water partition coefficient (Wildman–Crippen LogP) is 0.401. The Morgan fingerprint density at radius 1 is 1.71 bits per heavy atom. The van der Waals surface area contributed by atoms with Crippen molar-refractivity contribution in [2.75, 3.05) is 24.6 Å². The van der Waals surface area contributed by atoms with E-state index in [1.54, 1.807) is 6.20 Å². The first-order valence-electron chi connectivity index (χ1n) is 5.51. The largest absolute Gasteiger partial charge is 0.409 e. The zero-order valence-electron chi connectivity index (χ0n) is 9.71. The Morgan fingerprint density at radius 2 is 2.53 bits per heavy atom. The second-order valence-corrected chi connectivity index (χ2v) is 4.01. The second-order valence-electron chi connectivity index (χ2n) is 4.01. The third-order valence-electron chi connectivity index (χ3n) is 2.72. The topological polar surface area (TPSA) is 84.0 Å². The van der Waals surface area contributed by atoms with Gasteiger partial charge >= 0.3 is 0 Å². The molecule has 1 fully saturated rings. The fourth-order valence-corrected chi connectivity index (χ4v) is 1.86. The highest BCUT2D eigenvalue weighted by atomic mass is 16.5. The Labute approximate surface area is 99.7 Å². The van der Waals surface area contributed by atoms with Crippen molar-refractivity contribution in [3.63, 3.8) is 0 Å². The first kappa shape index (κ1) is 11.7. The summed E-state index contributed by atoms with van der Waals surface area (Å²) in [7, 11) is 0. The van der Waals surface area contributed by atoms with Gasteiger partial charge in [0, 0.05) is 25.0 Å². The summed E-state index contributed by atoms with van der Waals surface area (Å²) in [6, 6.07) is 3.72. The Balaban J connectivity index is 2.21. The smallest absolute Gasteiger partial charge is 0.188 e. The molecule has 0 amide bonds. The average Bonchev–Trinajstić information content (AvgIpc) is 2.38. The van der Waals surface area contributed by atoms with Crippen LogP contribution < -0.4 is 10.6 Å². The number of pyridine rings is 1. The molecule has 2 rings (SSSR count). The minimum atomic E-state index is 0.0214. The summed E-state index contributed by atoms with van der Waals surface area (Å²) in [5, 5.41) is 11.6. The van der Waals surface area contributed by atoms with Gasteiger partial charge < -0.3 is 20.6 Å². The van der Waals surface area contributed by atoms with Gasteiger partial charge in [0.25, 0.3) is 0 Å². The molecule has 17 heavy (non-hydrogen) atoms. The molecule has 0 aliphatic carbocycles. The van der Waals surface area contributed by atoms with E-state index < -0.39 is 0 Å². The van der Waals surface area contributed by atoms with Gasteiger partial charge in [0.05, 0.1) is 12.7 Å². The van der Waals surface area contributed by atoms with E-state index in [-0.39, 0.29) is 11.9 Å². The molecule has 1 aliphatic heterocycles. The third kappa shape index (κ3) is 2.65. The fraction of sp³-hybridized carbons (Fsp3) is 0.455. The quantitative estimate of drug-likeness (QED) is 0.336. The van der Waals surface area contributed by atoms with Crippen LogP contribution in [0.25, 0.3) is 0 Å². The van der Waals surface area contributed by atoms with Crippen LogP contribution in [0, 0.1) is 0 Å². The number of aromatic nitrogens is 1. The van der Waals surface area contributed by atoms with E-state index in [0.29, 0.717) is 12.3 Å². The summed E-state index contributed by atoms with van der Waals surface area (Å²) in [5.74, 6) is 0.0214. The molecule has 1 aliphatic rings. The highest BCUT2D eigenvalue weighted by Gasteiger charge is 2.17. The minimum Gasteiger partial charge on any atom is -0.409 e. The van der Waals surface area contributed by atoms with Gasteiger partial charge in [0.2, 0.25) is 0 Å². The van der Waals surface area contributed by atoms with E-state index in [1.807, 2.05) is 19.1 Å². The molecule has 1 unspecified atom stereocenters. The molecule has 6 nitrogen and oxygen atoms in total. The summed E-state index contributed by atoms with van der Waals surface area (Å²) in [5.41, 5.74) is 7.00. The molecule has 2 heterocycles. The highest BCUT2D eigenvalue weighted by Crippen LogP contribution is 2.17. The highest BCUT2D eigenvalue weighted by molar-refractivity contribution is 5.95. The number of hydrogen-bond acceptors (Lipinski definition) is 5. The number of anilines is 1. The molecule has 3 N–H and O–H groups in total. The zero-order chi connectivity index (χ0) is 12.3. The van der Waals surface area contributed by atoms with Crippen LogP contribution in [0.4, 0.5) is 5.69 Å². The van der Waals surface area contributed by atoms with E-state index in [1.165, 1.54) is 0 Å². The monoisotopic (exact) mass is 236 g/mol. The molecule has 92 valence electrons. The van der Waals surface area contributed by atoms with Crippen molar-refractivity contribution in [1.82, 2.24) is 4.98 Å². The van der Waals surface area contributed by atoms with Crippen molar-refractivity contribution in [2.24, 2.45) is 10.9 Å². The molecule has 1 aromatic heterocycles. The first-order chi connectivity index (χ1) is 8.20. The molecular weight excluding hydrogens is 220 g/mol. The summed E-state index contributed by atoms with van der Waals surface area (Å²) >= 11 is 0. The molecule has 0 bridgehead atoms. The molecule has 0 spiro atoms. The average molecular weight is 236 g/mol. The van der Waals surface area contributed by atoms with Crippen LogP contribution in [0.1, 0.15) is 12.6 Å². The normalized spacial score (nSPS) is 21.6. The minimum absolute atomic E-state index is 0.0214. The van der Waals surface area contributed by atoms with Crippen molar-refractivity contribution >= 4 is 11.5 Å². The molecule has 6 heteroatoms. The van der Waals surface area contributed by atoms with Crippen LogP contribution >= 0.6 is 0 Å². The van der Waals surface area contributed by atoms with E-state index in [9.17, 15) is 0 Å². The maximum Gasteiger partial charge on any atom is 0.188 e. The van der Waals surface area contributed by atoms with E-state index in [4.69, 9.17) is 15.7 Å². The lowest BCUT2D eigenvalue weighted by molar-refractivity contribution is 0.0532. The summed E-state index contributed by atoms with van der Waals surface area (Å²) in [6.07, 6.45) is 1.87. The summed E-state index contributed by atoms with van der Waals surface area (Å²) < 4.78 is 5.48. The van der Waals surface area contributed by atoms with E-state index in [2.05, 4.69) is 15.0 Å². The SMILES string of the molecule is CC1CN(c2ccnc(C(N)=NO)c2)CCO1. The van der Waals surface area contributed by atoms with Crippen molar-refractivity contribution < 1.29 is 9.94 Å². The molecule has 1 atom stereocenters. The number of morpholine rings is 1. The Hall–Kier alpha value is -1.82. The van der Waals surface area contributed by atoms with Gasteiger partial charge in [0.15, 0.2) is 5.84 Å². The summed E-state index contributed by atoms with van der Waals surface area (Å²) in [6.45, 7) is 4.42. The third-order valence-corrected chi connectivity index (χ3v) is 2.72. The Morgan fingerprint density at radius 3 is 3.24 bits per heavy atom. The fourth-order valence-electron chi connectivity index (χ4n) is 1.86. The van der Waals surface area contributed by atoms with Crippen LogP contribution in [0.15, 0.2) is 23.5 Å². The van der Waals surface area contributed by atoms with Crippen LogP contribution in [-0.2, 0) is 4.74 Å². The van der Waals surface area contributed by atoms with Gasteiger partial charge in [-0.3, -0.25) is 4.98 Å². The number of oxime groups is 1. The van der Waals surface area contributed by atoms with Crippen molar-refractivity contribution in [3.05, 3.63) is 24.0 Å². The van der Waals surface area contributed by atoms with Gasteiger partial charge in [-0.25, -0.2) is 0 Å². The van der Waals surface area contributed by atoms with Crippen molar-refractivity contribution in [1.29, 1.82) is 0 Å². The number of nitrogens with zero attached hydrogens (tertiary/aromatic N) is 3. The molecular formula is C11H16N4O2. The molecule has 1 aromatic rings. The summed E-state index contributed by atoms with van der Waals surface area (Å²) in [4.78, 5) is 6.25. The van der Waals surface area contributed by atoms with Gasteiger partial charge in [-0.15, -0.1) is 0 Å². The second kappa shape index (κ2) is 5.01. The molecule has 1 saturated heterocycles. The number of hydrogen-bond donors (Lipinski definition) is 2. The zero-order valence-corrected chi connectivity index (χ0v) is 9.71. The number of amidine groups is 1. The Bertz CT molecular complexity index is 422. The maximum absolute atomic E-state index is 8.62. The van der Waals surface area contributed by atoms with Crippen LogP contribution in [0.5, 0.6) is 0 Å². The lowest BCUT2D eigenvalue weighted by atomic mass is 10.2. The van der Waals surface area contributed by atoms with Gasteiger partial charge in [-0.05, 0) is 19.1 Å². The van der Waals surface area contributed by atoms with Crippen LogP contribution in [0.2, 0.25) is 0 Å². The van der Waals surface area contributed by atoms with Crippen LogP contribution in [-0.4, -0.2) is 41.8 Å². The van der Waals surface area contributed by atoms with Gasteiger partial charge in [0.1, 0.15) is 5.69 Å². The van der Waals surface area contributed by atoms with E-state index in [0.717, 1.165) is 18.8 Å². The van der Waals surface area contributed by atoms with Gasteiger partial charge in [-0.2, -0.15) is 0 Å². The molecule has 0 saturated carbocycles. The van der Waals surface area contributed by atoms with Crippen LogP contribution in [0.3, 0.4) is 0 Å². The number of nitrogens with two attached hydrogens (primary N) is 1. The predicted molar refractivity (Wildman–Crippen MR) is 64.4 cm³/mol. The molecule has 0 radical (unpaired) electrons. The number of rotatable bonds is 2. The lowest BCUT2D eigenvalue weighted by Gasteiger charge is -2.32.